The van der Waals surface area contributed by atoms with Crippen LogP contribution in [0.3, 0.4) is 0 Å². The van der Waals surface area contributed by atoms with E-state index in [0.29, 0.717) is 0 Å². The summed E-state index contributed by atoms with van der Waals surface area (Å²) < 4.78 is 37.0. The topological polar surface area (TPSA) is 40.5 Å². The summed E-state index contributed by atoms with van der Waals surface area (Å²) in [7, 11) is 0. The maximum atomic E-state index is 12.3. The highest BCUT2D eigenvalue weighted by Crippen LogP contribution is 2.50. The van der Waals surface area contributed by atoms with Crippen molar-refractivity contribution in [2.45, 2.75) is 38.1 Å². The average molecular weight is 184 g/mol. The van der Waals surface area contributed by atoms with E-state index in [4.69, 9.17) is 10.2 Å². The van der Waals surface area contributed by atoms with Gasteiger partial charge in [0.25, 0.3) is 0 Å². The van der Waals surface area contributed by atoms with Gasteiger partial charge in [0.2, 0.25) is 0 Å². The summed E-state index contributed by atoms with van der Waals surface area (Å²) in [6.07, 6.45) is -7.48. The maximum Gasteiger partial charge on any atom is 0.399 e. The summed E-state index contributed by atoms with van der Waals surface area (Å²) in [6.45, 7) is 0.856. The highest BCUT2D eigenvalue weighted by atomic mass is 19.4. The Morgan fingerprint density at radius 3 is 1.67 bits per heavy atom. The number of alkyl halides is 3. The number of halogens is 3. The molecule has 1 aliphatic rings. The van der Waals surface area contributed by atoms with Gasteiger partial charge < -0.3 is 10.2 Å². The van der Waals surface area contributed by atoms with Crippen molar-refractivity contribution >= 4 is 0 Å². The van der Waals surface area contributed by atoms with Crippen molar-refractivity contribution in [2.75, 3.05) is 0 Å². The first-order valence-electron chi connectivity index (χ1n) is 3.73. The van der Waals surface area contributed by atoms with Crippen LogP contribution in [0.2, 0.25) is 0 Å². The van der Waals surface area contributed by atoms with Gasteiger partial charge in [0.05, 0.1) is 12.2 Å². The zero-order chi connectivity index (χ0) is 9.57. The summed E-state index contributed by atoms with van der Waals surface area (Å²) in [5.74, 6) is 0. The van der Waals surface area contributed by atoms with Crippen LogP contribution in [0.25, 0.3) is 0 Å². The Bertz CT molecular complexity index is 168. The lowest BCUT2D eigenvalue weighted by atomic mass is 9.84. The normalized spacial score (nSPS) is 43.5. The van der Waals surface area contributed by atoms with Gasteiger partial charge in [-0.2, -0.15) is 13.2 Å². The molecular formula is C7H11F3O2. The number of aliphatic hydroxyl groups excluding tert-OH is 2. The molecule has 1 fully saturated rings. The van der Waals surface area contributed by atoms with Crippen LogP contribution < -0.4 is 0 Å². The number of hydrogen-bond acceptors (Lipinski definition) is 2. The molecule has 0 saturated heterocycles. The Balaban J connectivity index is 2.94. The highest BCUT2D eigenvalue weighted by molar-refractivity contribution is 5.00. The molecule has 0 aromatic rings. The van der Waals surface area contributed by atoms with Gasteiger partial charge in [-0.15, -0.1) is 0 Å². The SMILES string of the molecule is CC1(C(F)(F)F)C(O)CCC1O. The predicted octanol–water partition coefficient (Wildman–Crippen LogP) is 1.07. The molecule has 72 valence electrons. The minimum absolute atomic E-state index is 0.0111. The van der Waals surface area contributed by atoms with E-state index < -0.39 is 23.8 Å². The van der Waals surface area contributed by atoms with Crippen LogP contribution in [0.5, 0.6) is 0 Å². The van der Waals surface area contributed by atoms with Crippen LogP contribution in [0.4, 0.5) is 13.2 Å². The monoisotopic (exact) mass is 184 g/mol. The molecule has 0 spiro atoms. The molecule has 0 amide bonds. The molecule has 2 atom stereocenters. The Hall–Kier alpha value is -0.290. The molecule has 2 nitrogen and oxygen atoms in total. The van der Waals surface area contributed by atoms with Crippen molar-refractivity contribution in [1.82, 2.24) is 0 Å². The smallest absolute Gasteiger partial charge is 0.392 e. The van der Waals surface area contributed by atoms with Crippen LogP contribution >= 0.6 is 0 Å². The Labute approximate surface area is 68.0 Å². The zero-order valence-electron chi connectivity index (χ0n) is 6.60. The first kappa shape index (κ1) is 9.80. The van der Waals surface area contributed by atoms with E-state index in [-0.39, 0.29) is 12.8 Å². The van der Waals surface area contributed by atoms with Crippen LogP contribution in [-0.4, -0.2) is 28.6 Å². The van der Waals surface area contributed by atoms with Crippen molar-refractivity contribution in [3.8, 4) is 0 Å². The fourth-order valence-electron chi connectivity index (χ4n) is 1.52. The standard InChI is InChI=1S/C7H11F3O2/c1-6(7(8,9)10)4(11)2-3-5(6)12/h4-5,11-12H,2-3H2,1H3. The second-order valence-corrected chi connectivity index (χ2v) is 3.39. The van der Waals surface area contributed by atoms with Crippen LogP contribution in [-0.2, 0) is 0 Å². The van der Waals surface area contributed by atoms with E-state index >= 15 is 0 Å². The molecule has 1 aliphatic carbocycles. The fourth-order valence-corrected chi connectivity index (χ4v) is 1.52. The fraction of sp³-hybridized carbons (Fsp3) is 1.00. The van der Waals surface area contributed by atoms with Gasteiger partial charge in [0, 0.05) is 0 Å². The van der Waals surface area contributed by atoms with Crippen molar-refractivity contribution in [3.05, 3.63) is 0 Å². The summed E-state index contributed by atoms with van der Waals surface area (Å²) in [5.41, 5.74) is -2.34. The lowest BCUT2D eigenvalue weighted by molar-refractivity contribution is -0.263. The van der Waals surface area contributed by atoms with Gasteiger partial charge in [0.15, 0.2) is 0 Å². The molecule has 0 heterocycles. The molecule has 5 heteroatoms. The quantitative estimate of drug-likeness (QED) is 0.591. The third-order valence-electron chi connectivity index (χ3n) is 2.71. The van der Waals surface area contributed by atoms with Gasteiger partial charge in [-0.1, -0.05) is 0 Å². The first-order valence-corrected chi connectivity index (χ1v) is 3.73. The van der Waals surface area contributed by atoms with E-state index in [1.807, 2.05) is 0 Å². The molecule has 0 aromatic carbocycles. The average Bonchev–Trinajstić information content (AvgIpc) is 2.16. The number of hydrogen-bond donors (Lipinski definition) is 2. The Morgan fingerprint density at radius 1 is 1.17 bits per heavy atom. The van der Waals surface area contributed by atoms with E-state index in [0.717, 1.165) is 6.92 Å². The summed E-state index contributed by atoms with van der Waals surface area (Å²) in [6, 6.07) is 0. The minimum atomic E-state index is -4.54. The summed E-state index contributed by atoms with van der Waals surface area (Å²) >= 11 is 0. The number of aliphatic hydroxyl groups is 2. The van der Waals surface area contributed by atoms with Crippen LogP contribution in [0, 0.1) is 5.41 Å². The molecule has 0 bridgehead atoms. The maximum absolute atomic E-state index is 12.3. The Morgan fingerprint density at radius 2 is 1.50 bits per heavy atom. The van der Waals surface area contributed by atoms with Gasteiger partial charge in [0.1, 0.15) is 5.41 Å². The minimum Gasteiger partial charge on any atom is -0.392 e. The van der Waals surface area contributed by atoms with Gasteiger partial charge >= 0.3 is 6.18 Å². The largest absolute Gasteiger partial charge is 0.399 e. The highest BCUT2D eigenvalue weighted by Gasteiger charge is 2.62. The van der Waals surface area contributed by atoms with Gasteiger partial charge in [-0.3, -0.25) is 0 Å². The summed E-state index contributed by atoms with van der Waals surface area (Å²) in [4.78, 5) is 0. The first-order chi connectivity index (χ1) is 5.30. The molecule has 12 heavy (non-hydrogen) atoms. The summed E-state index contributed by atoms with van der Waals surface area (Å²) in [5, 5.41) is 18.1. The van der Waals surface area contributed by atoms with Crippen molar-refractivity contribution in [3.63, 3.8) is 0 Å². The third-order valence-corrected chi connectivity index (χ3v) is 2.71. The lowest BCUT2D eigenvalue weighted by Gasteiger charge is -2.33. The third kappa shape index (κ3) is 1.11. The van der Waals surface area contributed by atoms with Crippen LogP contribution in [0.15, 0.2) is 0 Å². The molecule has 0 radical (unpaired) electrons. The van der Waals surface area contributed by atoms with Crippen LogP contribution in [0.1, 0.15) is 19.8 Å². The van der Waals surface area contributed by atoms with Crippen molar-refractivity contribution in [1.29, 1.82) is 0 Å². The number of rotatable bonds is 0. The van der Waals surface area contributed by atoms with Gasteiger partial charge in [-0.25, -0.2) is 0 Å². The Kier molecular flexibility index (Phi) is 2.12. The molecule has 1 saturated carbocycles. The van der Waals surface area contributed by atoms with E-state index in [1.165, 1.54) is 0 Å². The second-order valence-electron chi connectivity index (χ2n) is 3.39. The van der Waals surface area contributed by atoms with E-state index in [2.05, 4.69) is 0 Å². The molecule has 1 rings (SSSR count). The van der Waals surface area contributed by atoms with Gasteiger partial charge in [-0.05, 0) is 19.8 Å². The molecule has 2 N–H and O–H groups in total. The van der Waals surface area contributed by atoms with Crippen molar-refractivity contribution < 1.29 is 23.4 Å². The van der Waals surface area contributed by atoms with Crippen molar-refractivity contribution in [2.24, 2.45) is 5.41 Å². The zero-order valence-corrected chi connectivity index (χ0v) is 6.60. The molecular weight excluding hydrogens is 173 g/mol. The predicted molar refractivity (Wildman–Crippen MR) is 35.4 cm³/mol. The van der Waals surface area contributed by atoms with E-state index in [1.54, 1.807) is 0 Å². The van der Waals surface area contributed by atoms with E-state index in [9.17, 15) is 13.2 Å². The lowest BCUT2D eigenvalue weighted by Crippen LogP contribution is -2.48. The molecule has 2 unspecified atom stereocenters. The molecule has 0 aliphatic heterocycles. The second kappa shape index (κ2) is 2.60. The molecule has 0 aromatic heterocycles.